The van der Waals surface area contributed by atoms with Crippen molar-refractivity contribution in [2.24, 2.45) is 7.05 Å². The number of carbonyl (C=O) groups excluding carboxylic acids is 2. The van der Waals surface area contributed by atoms with Gasteiger partial charge in [0.05, 0.1) is 5.52 Å². The minimum Gasteiger partial charge on any atom is -0.341 e. The van der Waals surface area contributed by atoms with Crippen LogP contribution in [-0.2, 0) is 11.8 Å². The Bertz CT molecular complexity index is 653. The van der Waals surface area contributed by atoms with Gasteiger partial charge in [0.2, 0.25) is 0 Å². The van der Waals surface area contributed by atoms with Crippen molar-refractivity contribution < 1.29 is 14.0 Å². The van der Waals surface area contributed by atoms with Gasteiger partial charge in [0.1, 0.15) is 12.1 Å². The number of aldehydes is 1. The number of amides is 2. The fraction of sp³-hybridized carbons (Fsp3) is 0.308. The molecule has 0 bridgehead atoms. The van der Waals surface area contributed by atoms with Gasteiger partial charge >= 0.3 is 6.03 Å². The second kappa shape index (κ2) is 5.68. The lowest BCUT2D eigenvalue weighted by Gasteiger charge is -2.18. The molecule has 1 aromatic heterocycles. The van der Waals surface area contributed by atoms with Crippen molar-refractivity contribution in [3.05, 3.63) is 24.0 Å². The Morgan fingerprint density at radius 1 is 1.55 bits per heavy atom. The maximum Gasteiger partial charge on any atom is 0.322 e. The molecule has 0 saturated heterocycles. The predicted molar refractivity (Wildman–Crippen MR) is 73.2 cm³/mol. The van der Waals surface area contributed by atoms with Crippen LogP contribution in [0.3, 0.4) is 0 Å². The van der Waals surface area contributed by atoms with Crippen LogP contribution in [0, 0.1) is 5.82 Å². The van der Waals surface area contributed by atoms with Gasteiger partial charge in [0, 0.05) is 32.4 Å². The van der Waals surface area contributed by atoms with Crippen molar-refractivity contribution in [3.8, 4) is 0 Å². The van der Waals surface area contributed by atoms with Gasteiger partial charge in [-0.3, -0.25) is 9.58 Å². The van der Waals surface area contributed by atoms with Crippen LogP contribution in [0.1, 0.15) is 6.42 Å². The van der Waals surface area contributed by atoms with Crippen molar-refractivity contribution in [2.75, 3.05) is 18.5 Å². The molecule has 2 amide bonds. The lowest BCUT2D eigenvalue weighted by atomic mass is 10.2. The van der Waals surface area contributed by atoms with E-state index < -0.39 is 11.8 Å². The standard InChI is InChI=1S/C13H15FN4O2/c1-15-13(20)18(6-3-7-19)12-10-8-9(14)4-5-11(10)17(2)16-12/h4-5,7-8H,3,6H2,1-2H3,(H,15,20). The van der Waals surface area contributed by atoms with Crippen molar-refractivity contribution >= 4 is 29.0 Å². The maximum atomic E-state index is 13.4. The van der Waals surface area contributed by atoms with Gasteiger partial charge < -0.3 is 10.1 Å². The Kier molecular flexibility index (Phi) is 3.97. The summed E-state index contributed by atoms with van der Waals surface area (Å²) in [6.07, 6.45) is 0.905. The minimum absolute atomic E-state index is 0.181. The average Bonchev–Trinajstić information content (AvgIpc) is 2.75. The first-order chi connectivity index (χ1) is 9.58. The van der Waals surface area contributed by atoms with Crippen LogP contribution in [0.5, 0.6) is 0 Å². The van der Waals surface area contributed by atoms with E-state index in [-0.39, 0.29) is 13.0 Å². The zero-order chi connectivity index (χ0) is 14.7. The molecular formula is C13H15FN4O2. The number of carbonyl (C=O) groups is 2. The van der Waals surface area contributed by atoms with Crippen LogP contribution >= 0.6 is 0 Å². The van der Waals surface area contributed by atoms with E-state index >= 15 is 0 Å². The van der Waals surface area contributed by atoms with Gasteiger partial charge in [0.15, 0.2) is 5.82 Å². The van der Waals surface area contributed by atoms with Gasteiger partial charge in [-0.2, -0.15) is 5.10 Å². The summed E-state index contributed by atoms with van der Waals surface area (Å²) < 4.78 is 15.0. The first-order valence-corrected chi connectivity index (χ1v) is 6.13. The third-order valence-corrected chi connectivity index (χ3v) is 2.98. The van der Waals surface area contributed by atoms with Crippen LogP contribution in [0.2, 0.25) is 0 Å². The molecule has 1 N–H and O–H groups in total. The SMILES string of the molecule is CNC(=O)N(CCC=O)c1nn(C)c2ccc(F)cc12. The summed E-state index contributed by atoms with van der Waals surface area (Å²) in [4.78, 5) is 23.8. The largest absolute Gasteiger partial charge is 0.341 e. The number of rotatable bonds is 4. The van der Waals surface area contributed by atoms with Gasteiger partial charge in [-0.05, 0) is 18.2 Å². The van der Waals surface area contributed by atoms with Crippen LogP contribution in [0.25, 0.3) is 10.9 Å². The second-order valence-corrected chi connectivity index (χ2v) is 4.27. The molecule has 106 valence electrons. The smallest absolute Gasteiger partial charge is 0.322 e. The molecular weight excluding hydrogens is 263 g/mol. The highest BCUT2D eigenvalue weighted by Crippen LogP contribution is 2.26. The van der Waals surface area contributed by atoms with E-state index in [1.54, 1.807) is 17.8 Å². The number of fused-ring (bicyclic) bond motifs is 1. The number of hydrogen-bond acceptors (Lipinski definition) is 3. The maximum absolute atomic E-state index is 13.4. The Balaban J connectivity index is 2.54. The molecule has 0 fully saturated rings. The third-order valence-electron chi connectivity index (χ3n) is 2.98. The van der Waals surface area contributed by atoms with Gasteiger partial charge in [0.25, 0.3) is 0 Å². The van der Waals surface area contributed by atoms with E-state index in [9.17, 15) is 14.0 Å². The molecule has 0 aliphatic heterocycles. The zero-order valence-corrected chi connectivity index (χ0v) is 11.3. The van der Waals surface area contributed by atoms with Crippen molar-refractivity contribution in [2.45, 2.75) is 6.42 Å². The molecule has 20 heavy (non-hydrogen) atoms. The summed E-state index contributed by atoms with van der Waals surface area (Å²) >= 11 is 0. The molecule has 0 radical (unpaired) electrons. The number of nitrogens with one attached hydrogen (secondary N) is 1. The minimum atomic E-state index is -0.404. The molecule has 7 heteroatoms. The Hall–Kier alpha value is -2.44. The quantitative estimate of drug-likeness (QED) is 0.861. The molecule has 0 atom stereocenters. The first kappa shape index (κ1) is 14.0. The Labute approximate surface area is 115 Å². The fourth-order valence-corrected chi connectivity index (χ4v) is 2.04. The first-order valence-electron chi connectivity index (χ1n) is 6.13. The van der Waals surface area contributed by atoms with E-state index in [1.807, 2.05) is 0 Å². The van der Waals surface area contributed by atoms with E-state index in [4.69, 9.17) is 0 Å². The molecule has 6 nitrogen and oxygen atoms in total. The number of benzene rings is 1. The Morgan fingerprint density at radius 3 is 2.95 bits per heavy atom. The van der Waals surface area contributed by atoms with E-state index in [0.29, 0.717) is 16.7 Å². The van der Waals surface area contributed by atoms with Crippen LogP contribution in [0.4, 0.5) is 15.0 Å². The molecule has 2 aromatic rings. The second-order valence-electron chi connectivity index (χ2n) is 4.27. The van der Waals surface area contributed by atoms with Gasteiger partial charge in [-0.25, -0.2) is 9.18 Å². The number of urea groups is 1. The predicted octanol–water partition coefficient (Wildman–Crippen LogP) is 1.45. The normalized spacial score (nSPS) is 10.6. The Morgan fingerprint density at radius 2 is 2.30 bits per heavy atom. The van der Waals surface area contributed by atoms with E-state index in [0.717, 1.165) is 6.29 Å². The summed E-state index contributed by atoms with van der Waals surface area (Å²) in [6.45, 7) is 0.186. The van der Waals surface area contributed by atoms with Crippen LogP contribution < -0.4 is 10.2 Å². The molecule has 1 aromatic carbocycles. The molecule has 0 spiro atoms. The monoisotopic (exact) mass is 278 g/mol. The third kappa shape index (κ3) is 2.47. The summed E-state index contributed by atoms with van der Waals surface area (Å²) in [5, 5.41) is 7.27. The molecule has 2 rings (SSSR count). The van der Waals surface area contributed by atoms with Crippen LogP contribution in [-0.4, -0.2) is 35.7 Å². The van der Waals surface area contributed by atoms with Crippen molar-refractivity contribution in [3.63, 3.8) is 0 Å². The van der Waals surface area contributed by atoms with Gasteiger partial charge in [-0.15, -0.1) is 0 Å². The molecule has 0 aliphatic carbocycles. The summed E-state index contributed by atoms with van der Waals surface area (Å²) in [6, 6.07) is 3.87. The number of nitrogens with zero attached hydrogens (tertiary/aromatic N) is 3. The van der Waals surface area contributed by atoms with Crippen LogP contribution in [0.15, 0.2) is 18.2 Å². The number of aromatic nitrogens is 2. The summed E-state index contributed by atoms with van der Waals surface area (Å²) in [7, 11) is 3.20. The van der Waals surface area contributed by atoms with E-state index in [1.165, 1.54) is 24.1 Å². The number of aryl methyl sites for hydroxylation is 1. The average molecular weight is 278 g/mol. The van der Waals surface area contributed by atoms with Gasteiger partial charge in [-0.1, -0.05) is 0 Å². The number of hydrogen-bond donors (Lipinski definition) is 1. The molecule has 0 aliphatic rings. The summed E-state index contributed by atoms with van der Waals surface area (Å²) in [5.74, 6) is -0.0674. The summed E-state index contributed by atoms with van der Waals surface area (Å²) in [5.41, 5.74) is 0.710. The van der Waals surface area contributed by atoms with E-state index in [2.05, 4.69) is 10.4 Å². The lowest BCUT2D eigenvalue weighted by molar-refractivity contribution is -0.107. The number of anilines is 1. The van der Waals surface area contributed by atoms with Crippen molar-refractivity contribution in [1.29, 1.82) is 0 Å². The zero-order valence-electron chi connectivity index (χ0n) is 11.3. The highest BCUT2D eigenvalue weighted by molar-refractivity contribution is 6.01. The fourth-order valence-electron chi connectivity index (χ4n) is 2.04. The molecule has 0 unspecified atom stereocenters. The highest BCUT2D eigenvalue weighted by Gasteiger charge is 2.21. The topological polar surface area (TPSA) is 67.2 Å². The lowest BCUT2D eigenvalue weighted by Crippen LogP contribution is -2.39. The van der Waals surface area contributed by atoms with Crippen molar-refractivity contribution in [1.82, 2.24) is 15.1 Å². The molecule has 1 heterocycles. The highest BCUT2D eigenvalue weighted by atomic mass is 19.1. The molecule has 0 saturated carbocycles. The number of halogens is 1.